The van der Waals surface area contributed by atoms with Gasteiger partial charge in [0.2, 0.25) is 0 Å². The highest BCUT2D eigenvalue weighted by Crippen LogP contribution is 2.48. The predicted octanol–water partition coefficient (Wildman–Crippen LogP) is 5.02. The molecule has 0 unspecified atom stereocenters. The molecule has 22 heavy (non-hydrogen) atoms. The topological polar surface area (TPSA) is 56.8 Å². The van der Waals surface area contributed by atoms with Gasteiger partial charge in [-0.05, 0) is 68.6 Å². The standard InChI is InChI=1S/C14H18Br3NO4/c1-14(2,3)22-13(19)18-6-7-8(15)10(17)12(21-5)11(20-4)9(7)16/h6H2,1-5H3,(H,18,19). The minimum atomic E-state index is -0.545. The maximum absolute atomic E-state index is 11.8. The normalized spacial score (nSPS) is 11.1. The maximum atomic E-state index is 11.8. The van der Waals surface area contributed by atoms with Gasteiger partial charge in [-0.3, -0.25) is 0 Å². The van der Waals surface area contributed by atoms with E-state index in [9.17, 15) is 4.79 Å². The Bertz CT molecular complexity index is 570. The van der Waals surface area contributed by atoms with Gasteiger partial charge in [0, 0.05) is 16.6 Å². The number of hydrogen-bond donors (Lipinski definition) is 1. The van der Waals surface area contributed by atoms with Crippen LogP contribution in [0.4, 0.5) is 4.79 Å². The van der Waals surface area contributed by atoms with Crippen LogP contribution in [0.3, 0.4) is 0 Å². The van der Waals surface area contributed by atoms with Crippen molar-refractivity contribution < 1.29 is 19.0 Å². The first-order chi connectivity index (χ1) is 10.1. The molecule has 0 radical (unpaired) electrons. The number of halogens is 3. The molecule has 1 rings (SSSR count). The molecular formula is C14H18Br3NO4. The summed E-state index contributed by atoms with van der Waals surface area (Å²) >= 11 is 10.4. The summed E-state index contributed by atoms with van der Waals surface area (Å²) in [6, 6.07) is 0. The van der Waals surface area contributed by atoms with E-state index in [1.165, 1.54) is 0 Å². The molecule has 1 aromatic rings. The molecule has 0 saturated carbocycles. The van der Waals surface area contributed by atoms with E-state index in [1.54, 1.807) is 14.2 Å². The fourth-order valence-corrected chi connectivity index (χ4v) is 3.71. The van der Waals surface area contributed by atoms with Crippen molar-refractivity contribution in [2.75, 3.05) is 14.2 Å². The van der Waals surface area contributed by atoms with Crippen LogP contribution in [0.2, 0.25) is 0 Å². The van der Waals surface area contributed by atoms with Gasteiger partial charge >= 0.3 is 6.09 Å². The van der Waals surface area contributed by atoms with Gasteiger partial charge in [-0.25, -0.2) is 4.79 Å². The second kappa shape index (κ2) is 7.88. The molecule has 8 heteroatoms. The number of rotatable bonds is 4. The summed E-state index contributed by atoms with van der Waals surface area (Å²) in [6.45, 7) is 5.69. The molecule has 0 aromatic heterocycles. The predicted molar refractivity (Wildman–Crippen MR) is 95.7 cm³/mol. The van der Waals surface area contributed by atoms with Crippen molar-refractivity contribution in [2.45, 2.75) is 32.9 Å². The lowest BCUT2D eigenvalue weighted by Gasteiger charge is -2.21. The van der Waals surface area contributed by atoms with Crippen molar-refractivity contribution in [3.63, 3.8) is 0 Å². The highest BCUT2D eigenvalue weighted by atomic mass is 79.9. The molecule has 0 bridgehead atoms. The van der Waals surface area contributed by atoms with Crippen molar-refractivity contribution >= 4 is 53.9 Å². The summed E-state index contributed by atoms with van der Waals surface area (Å²) in [6.07, 6.45) is -0.489. The minimum absolute atomic E-state index is 0.259. The van der Waals surface area contributed by atoms with Gasteiger partial charge in [0.05, 0.1) is 23.2 Å². The van der Waals surface area contributed by atoms with E-state index >= 15 is 0 Å². The van der Waals surface area contributed by atoms with Crippen LogP contribution in [0.1, 0.15) is 26.3 Å². The molecule has 0 fully saturated rings. The quantitative estimate of drug-likeness (QED) is 0.586. The third-order valence-corrected chi connectivity index (χ3v) is 5.55. The molecule has 0 aliphatic carbocycles. The van der Waals surface area contributed by atoms with Crippen molar-refractivity contribution in [1.82, 2.24) is 5.32 Å². The average Bonchev–Trinajstić information content (AvgIpc) is 2.40. The number of ether oxygens (including phenoxy) is 3. The number of nitrogens with one attached hydrogen (secondary N) is 1. The van der Waals surface area contributed by atoms with Crippen molar-refractivity contribution in [3.8, 4) is 11.5 Å². The molecule has 124 valence electrons. The number of benzene rings is 1. The van der Waals surface area contributed by atoms with E-state index in [4.69, 9.17) is 14.2 Å². The number of hydrogen-bond acceptors (Lipinski definition) is 4. The Morgan fingerprint density at radius 2 is 1.50 bits per heavy atom. The van der Waals surface area contributed by atoms with Gasteiger partial charge in [0.1, 0.15) is 5.60 Å². The summed E-state index contributed by atoms with van der Waals surface area (Å²) < 4.78 is 18.1. The maximum Gasteiger partial charge on any atom is 0.407 e. The fourth-order valence-electron chi connectivity index (χ4n) is 1.66. The second-order valence-electron chi connectivity index (χ2n) is 5.34. The van der Waals surface area contributed by atoms with E-state index in [0.29, 0.717) is 20.4 Å². The SMILES string of the molecule is COc1c(Br)c(Br)c(CNC(=O)OC(C)(C)C)c(Br)c1OC. The third-order valence-electron chi connectivity index (χ3n) is 2.54. The van der Waals surface area contributed by atoms with Crippen molar-refractivity contribution in [1.29, 1.82) is 0 Å². The molecule has 0 heterocycles. The first kappa shape index (κ1) is 19.6. The molecule has 5 nitrogen and oxygen atoms in total. The molecule has 1 amide bonds. The Labute approximate surface area is 155 Å². The van der Waals surface area contributed by atoms with E-state index in [0.717, 1.165) is 10.0 Å². The van der Waals surface area contributed by atoms with Crippen LogP contribution in [0.25, 0.3) is 0 Å². The van der Waals surface area contributed by atoms with Crippen LogP contribution in [0, 0.1) is 0 Å². The number of amides is 1. The summed E-state index contributed by atoms with van der Waals surface area (Å²) in [5.74, 6) is 1.10. The Balaban J connectivity index is 3.06. The first-order valence-corrected chi connectivity index (χ1v) is 8.74. The van der Waals surface area contributed by atoms with E-state index < -0.39 is 11.7 Å². The molecule has 0 aliphatic heterocycles. The summed E-state index contributed by atoms with van der Waals surface area (Å²) in [7, 11) is 3.11. The summed E-state index contributed by atoms with van der Waals surface area (Å²) in [4.78, 5) is 11.8. The smallest absolute Gasteiger partial charge is 0.407 e. The van der Waals surface area contributed by atoms with E-state index in [2.05, 4.69) is 53.1 Å². The van der Waals surface area contributed by atoms with Gasteiger partial charge in [-0.1, -0.05) is 0 Å². The van der Waals surface area contributed by atoms with Crippen LogP contribution in [-0.4, -0.2) is 25.9 Å². The lowest BCUT2D eigenvalue weighted by atomic mass is 10.2. The summed E-state index contributed by atoms with van der Waals surface area (Å²) in [5, 5.41) is 2.71. The van der Waals surface area contributed by atoms with Crippen LogP contribution in [0.15, 0.2) is 13.4 Å². The Morgan fingerprint density at radius 3 is 1.95 bits per heavy atom. The van der Waals surface area contributed by atoms with Gasteiger partial charge in [0.25, 0.3) is 0 Å². The van der Waals surface area contributed by atoms with Gasteiger partial charge in [-0.2, -0.15) is 0 Å². The molecular weight excluding hydrogens is 486 g/mol. The molecule has 0 aliphatic rings. The summed E-state index contributed by atoms with van der Waals surface area (Å²) in [5.41, 5.74) is 0.256. The van der Waals surface area contributed by atoms with Gasteiger partial charge in [-0.15, -0.1) is 0 Å². The molecule has 1 N–H and O–H groups in total. The Kier molecular flexibility index (Phi) is 7.01. The molecule has 0 atom stereocenters. The number of methoxy groups -OCH3 is 2. The molecule has 0 saturated heterocycles. The zero-order chi connectivity index (χ0) is 17.1. The van der Waals surface area contributed by atoms with Crippen molar-refractivity contribution in [2.24, 2.45) is 0 Å². The average molecular weight is 504 g/mol. The fraction of sp³-hybridized carbons (Fsp3) is 0.500. The van der Waals surface area contributed by atoms with E-state index in [-0.39, 0.29) is 6.54 Å². The van der Waals surface area contributed by atoms with E-state index in [1.807, 2.05) is 20.8 Å². The monoisotopic (exact) mass is 501 g/mol. The lowest BCUT2D eigenvalue weighted by molar-refractivity contribution is 0.0523. The van der Waals surface area contributed by atoms with Gasteiger partial charge < -0.3 is 19.5 Å². The van der Waals surface area contributed by atoms with Crippen molar-refractivity contribution in [3.05, 3.63) is 19.0 Å². The zero-order valence-electron chi connectivity index (χ0n) is 13.0. The number of carbonyl (C=O) groups excluding carboxylic acids is 1. The van der Waals surface area contributed by atoms with Crippen LogP contribution < -0.4 is 14.8 Å². The molecule has 0 spiro atoms. The first-order valence-electron chi connectivity index (χ1n) is 6.36. The second-order valence-corrected chi connectivity index (χ2v) is 7.72. The molecule has 1 aromatic carbocycles. The van der Waals surface area contributed by atoms with Crippen LogP contribution >= 0.6 is 47.8 Å². The lowest BCUT2D eigenvalue weighted by Crippen LogP contribution is -2.32. The van der Waals surface area contributed by atoms with Crippen LogP contribution in [-0.2, 0) is 11.3 Å². The highest BCUT2D eigenvalue weighted by molar-refractivity contribution is 9.13. The third kappa shape index (κ3) is 4.76. The number of alkyl carbamates (subject to hydrolysis) is 1. The Hall–Kier alpha value is -0.470. The highest BCUT2D eigenvalue weighted by Gasteiger charge is 2.23. The Morgan fingerprint density at radius 1 is 1.00 bits per heavy atom. The largest absolute Gasteiger partial charge is 0.492 e. The van der Waals surface area contributed by atoms with Gasteiger partial charge in [0.15, 0.2) is 11.5 Å². The number of carbonyl (C=O) groups is 1. The van der Waals surface area contributed by atoms with Crippen LogP contribution in [0.5, 0.6) is 11.5 Å². The minimum Gasteiger partial charge on any atom is -0.492 e. The zero-order valence-corrected chi connectivity index (χ0v) is 17.7.